The molecule has 2 rings (SSSR count). The predicted molar refractivity (Wildman–Crippen MR) is 86.4 cm³/mol. The number of likely N-dealkylation sites (N-methyl/N-ethyl adjacent to an activating group) is 1. The van der Waals surface area contributed by atoms with Crippen LogP contribution in [0.25, 0.3) is 0 Å². The number of hydrogen-bond acceptors (Lipinski definition) is 3. The molecule has 0 radical (unpaired) electrons. The van der Waals surface area contributed by atoms with Gasteiger partial charge in [0.15, 0.2) is 0 Å². The molecule has 0 spiro atoms. The summed E-state index contributed by atoms with van der Waals surface area (Å²) in [6.07, 6.45) is 0.924. The Balaban J connectivity index is 2.05. The van der Waals surface area contributed by atoms with Gasteiger partial charge in [-0.05, 0) is 18.9 Å². The van der Waals surface area contributed by atoms with Crippen LogP contribution in [0.3, 0.4) is 0 Å². The zero-order chi connectivity index (χ0) is 17.9. The Labute approximate surface area is 140 Å². The van der Waals surface area contributed by atoms with Crippen LogP contribution in [0.5, 0.6) is 0 Å². The van der Waals surface area contributed by atoms with Crippen LogP contribution in [0.4, 0.5) is 9.18 Å². The highest BCUT2D eigenvalue weighted by Crippen LogP contribution is 2.24. The Bertz CT molecular complexity index is 658. The van der Waals surface area contributed by atoms with Crippen molar-refractivity contribution >= 4 is 17.8 Å². The Kier molecular flexibility index (Phi) is 5.21. The fourth-order valence-electron chi connectivity index (χ4n) is 2.78. The van der Waals surface area contributed by atoms with Gasteiger partial charge in [0.2, 0.25) is 5.91 Å². The summed E-state index contributed by atoms with van der Waals surface area (Å²) in [6, 6.07) is 5.61. The fraction of sp³-hybridized carbons (Fsp3) is 0.471. The molecule has 7 heteroatoms. The third-order valence-corrected chi connectivity index (χ3v) is 4.54. The van der Waals surface area contributed by atoms with E-state index in [0.717, 1.165) is 4.90 Å². The second-order valence-corrected chi connectivity index (χ2v) is 5.95. The monoisotopic (exact) mass is 335 g/mol. The van der Waals surface area contributed by atoms with Crippen LogP contribution < -0.4 is 5.32 Å². The van der Waals surface area contributed by atoms with Gasteiger partial charge in [-0.1, -0.05) is 32.0 Å². The van der Waals surface area contributed by atoms with Gasteiger partial charge in [0, 0.05) is 19.2 Å². The Morgan fingerprint density at radius 3 is 2.42 bits per heavy atom. The molecule has 0 unspecified atom stereocenters. The lowest BCUT2D eigenvalue weighted by atomic mass is 9.93. The van der Waals surface area contributed by atoms with Crippen LogP contribution in [0.1, 0.15) is 32.3 Å². The SMILES string of the molecule is CCC1(CC)NC(=O)N(CC(=O)N(C)Cc2ccccc2F)C1=O. The zero-order valence-electron chi connectivity index (χ0n) is 14.1. The minimum Gasteiger partial charge on any atom is -0.340 e. The molecule has 1 aromatic carbocycles. The number of urea groups is 1. The van der Waals surface area contributed by atoms with E-state index in [9.17, 15) is 18.8 Å². The van der Waals surface area contributed by atoms with Gasteiger partial charge in [0.1, 0.15) is 17.9 Å². The van der Waals surface area contributed by atoms with Gasteiger partial charge in [-0.15, -0.1) is 0 Å². The van der Waals surface area contributed by atoms with E-state index in [2.05, 4.69) is 5.32 Å². The molecular formula is C17H22FN3O3. The summed E-state index contributed by atoms with van der Waals surface area (Å²) in [4.78, 5) is 39.1. The molecule has 1 heterocycles. The summed E-state index contributed by atoms with van der Waals surface area (Å²) >= 11 is 0. The predicted octanol–water partition coefficient (Wildman–Crippen LogP) is 1.89. The van der Waals surface area contributed by atoms with Gasteiger partial charge < -0.3 is 10.2 Å². The Morgan fingerprint density at radius 1 is 1.25 bits per heavy atom. The molecule has 1 N–H and O–H groups in total. The molecule has 1 aliphatic rings. The van der Waals surface area contributed by atoms with Crippen molar-refractivity contribution in [1.82, 2.24) is 15.1 Å². The first-order chi connectivity index (χ1) is 11.3. The van der Waals surface area contributed by atoms with Crippen LogP contribution in [0.15, 0.2) is 24.3 Å². The Hall–Kier alpha value is -2.44. The van der Waals surface area contributed by atoms with Crippen molar-refractivity contribution in [3.05, 3.63) is 35.6 Å². The van der Waals surface area contributed by atoms with Crippen LogP contribution in [0, 0.1) is 5.82 Å². The van der Waals surface area contributed by atoms with Gasteiger partial charge >= 0.3 is 6.03 Å². The number of amides is 4. The van der Waals surface area contributed by atoms with Crippen molar-refractivity contribution in [2.45, 2.75) is 38.8 Å². The smallest absolute Gasteiger partial charge is 0.325 e. The van der Waals surface area contributed by atoms with Gasteiger partial charge in [-0.3, -0.25) is 14.5 Å². The standard InChI is InChI=1S/C17H22FN3O3/c1-4-17(5-2)15(23)21(16(24)19-17)11-14(22)20(3)10-12-8-6-7-9-13(12)18/h6-9H,4-5,10-11H2,1-3H3,(H,19,24). The average molecular weight is 335 g/mol. The average Bonchev–Trinajstić information content (AvgIpc) is 2.81. The van der Waals surface area contributed by atoms with E-state index in [1.54, 1.807) is 18.2 Å². The molecule has 0 atom stereocenters. The largest absolute Gasteiger partial charge is 0.340 e. The maximum absolute atomic E-state index is 13.7. The Morgan fingerprint density at radius 2 is 1.88 bits per heavy atom. The third kappa shape index (κ3) is 3.25. The second-order valence-electron chi connectivity index (χ2n) is 5.95. The third-order valence-electron chi connectivity index (χ3n) is 4.54. The lowest BCUT2D eigenvalue weighted by Gasteiger charge is -2.24. The first-order valence-corrected chi connectivity index (χ1v) is 7.96. The minimum atomic E-state index is -0.929. The highest BCUT2D eigenvalue weighted by atomic mass is 19.1. The van der Waals surface area contributed by atoms with E-state index in [1.165, 1.54) is 18.0 Å². The van der Waals surface area contributed by atoms with Crippen LogP contribution in [0.2, 0.25) is 0 Å². The fourth-order valence-corrected chi connectivity index (χ4v) is 2.78. The molecular weight excluding hydrogens is 313 g/mol. The summed E-state index contributed by atoms with van der Waals surface area (Å²) in [5, 5.41) is 2.68. The van der Waals surface area contributed by atoms with Crippen LogP contribution in [-0.2, 0) is 16.1 Å². The quantitative estimate of drug-likeness (QED) is 0.807. The zero-order valence-corrected chi connectivity index (χ0v) is 14.1. The van der Waals surface area contributed by atoms with Gasteiger partial charge in [0.25, 0.3) is 5.91 Å². The van der Waals surface area contributed by atoms with E-state index >= 15 is 0 Å². The molecule has 0 saturated carbocycles. The number of carbonyl (C=O) groups is 3. The van der Waals surface area contributed by atoms with Crippen molar-refractivity contribution in [3.63, 3.8) is 0 Å². The number of imide groups is 1. The summed E-state index contributed by atoms with van der Waals surface area (Å²) in [7, 11) is 1.51. The molecule has 1 fully saturated rings. The molecule has 4 amide bonds. The van der Waals surface area contributed by atoms with E-state index in [4.69, 9.17) is 0 Å². The molecule has 0 aliphatic carbocycles. The number of hydrogen-bond donors (Lipinski definition) is 1. The van der Waals surface area contributed by atoms with Crippen molar-refractivity contribution in [2.75, 3.05) is 13.6 Å². The van der Waals surface area contributed by atoms with E-state index in [1.807, 2.05) is 13.8 Å². The number of rotatable bonds is 6. The summed E-state index contributed by atoms with van der Waals surface area (Å²) in [6.45, 7) is 3.35. The molecule has 130 valence electrons. The maximum Gasteiger partial charge on any atom is 0.325 e. The van der Waals surface area contributed by atoms with Gasteiger partial charge in [-0.25, -0.2) is 9.18 Å². The van der Waals surface area contributed by atoms with Crippen molar-refractivity contribution < 1.29 is 18.8 Å². The number of halogens is 1. The summed E-state index contributed by atoms with van der Waals surface area (Å²) < 4.78 is 13.7. The first-order valence-electron chi connectivity index (χ1n) is 7.96. The molecule has 1 saturated heterocycles. The van der Waals surface area contributed by atoms with E-state index in [-0.39, 0.29) is 19.0 Å². The lowest BCUT2D eigenvalue weighted by Crippen LogP contribution is -2.46. The second kappa shape index (κ2) is 6.98. The molecule has 24 heavy (non-hydrogen) atoms. The number of carbonyl (C=O) groups excluding carboxylic acids is 3. The highest BCUT2D eigenvalue weighted by Gasteiger charge is 2.49. The number of benzene rings is 1. The highest BCUT2D eigenvalue weighted by molar-refractivity contribution is 6.08. The van der Waals surface area contributed by atoms with Crippen molar-refractivity contribution in [1.29, 1.82) is 0 Å². The summed E-state index contributed by atoms with van der Waals surface area (Å²) in [5.74, 6) is -1.21. The van der Waals surface area contributed by atoms with E-state index < -0.39 is 23.3 Å². The van der Waals surface area contributed by atoms with Gasteiger partial charge in [0.05, 0.1) is 0 Å². The van der Waals surface area contributed by atoms with Crippen LogP contribution >= 0.6 is 0 Å². The molecule has 0 bridgehead atoms. The molecule has 1 aliphatic heterocycles. The van der Waals surface area contributed by atoms with Crippen molar-refractivity contribution in [3.8, 4) is 0 Å². The number of nitrogens with zero attached hydrogens (tertiary/aromatic N) is 2. The molecule has 0 aromatic heterocycles. The topological polar surface area (TPSA) is 69.7 Å². The molecule has 6 nitrogen and oxygen atoms in total. The minimum absolute atomic E-state index is 0.0713. The maximum atomic E-state index is 13.7. The first kappa shape index (κ1) is 17.9. The summed E-state index contributed by atoms with van der Waals surface area (Å²) in [5.41, 5.74) is -0.552. The number of nitrogens with one attached hydrogen (secondary N) is 1. The molecule has 1 aromatic rings. The normalized spacial score (nSPS) is 16.2. The van der Waals surface area contributed by atoms with Crippen molar-refractivity contribution in [2.24, 2.45) is 0 Å². The van der Waals surface area contributed by atoms with Gasteiger partial charge in [-0.2, -0.15) is 0 Å². The van der Waals surface area contributed by atoms with Crippen LogP contribution in [-0.4, -0.2) is 46.8 Å². The van der Waals surface area contributed by atoms with E-state index in [0.29, 0.717) is 18.4 Å². The lowest BCUT2D eigenvalue weighted by molar-refractivity contribution is -0.138.